The van der Waals surface area contributed by atoms with E-state index in [9.17, 15) is 9.59 Å². The summed E-state index contributed by atoms with van der Waals surface area (Å²) in [6, 6.07) is 7.12. The van der Waals surface area contributed by atoms with Gasteiger partial charge in [0.05, 0.1) is 17.8 Å². The second kappa shape index (κ2) is 10.4. The summed E-state index contributed by atoms with van der Waals surface area (Å²) in [5.41, 5.74) is 0.592. The van der Waals surface area contributed by atoms with Crippen LogP contribution in [0, 0.1) is 11.8 Å². The van der Waals surface area contributed by atoms with Crippen LogP contribution in [0.4, 0.5) is 5.69 Å². The Labute approximate surface area is 156 Å². The maximum Gasteiger partial charge on any atom is 0.279 e. The lowest BCUT2D eigenvalue weighted by atomic mass is 10.1. The lowest BCUT2D eigenvalue weighted by molar-refractivity contribution is -0.862. The fourth-order valence-corrected chi connectivity index (χ4v) is 2.81. The minimum Gasteiger partial charge on any atom is -0.337 e. The van der Waals surface area contributed by atoms with Gasteiger partial charge in [-0.2, -0.15) is 0 Å². The summed E-state index contributed by atoms with van der Waals surface area (Å²) in [6.07, 6.45) is 0. The van der Waals surface area contributed by atoms with Gasteiger partial charge < -0.3 is 15.1 Å². The summed E-state index contributed by atoms with van der Waals surface area (Å²) in [5.74, 6) is 0.779. The Kier molecular flexibility index (Phi) is 8.93. The molecule has 0 saturated heterocycles. The van der Waals surface area contributed by atoms with Crippen molar-refractivity contribution in [2.75, 3.05) is 38.5 Å². The predicted molar refractivity (Wildman–Crippen MR) is 103 cm³/mol. The number of carbonyl (C=O) groups is 2. The summed E-state index contributed by atoms with van der Waals surface area (Å²) in [6.45, 7) is 10.4. The van der Waals surface area contributed by atoms with Crippen LogP contribution in [-0.4, -0.2) is 49.9 Å². The summed E-state index contributed by atoms with van der Waals surface area (Å²) in [7, 11) is 1.85. The number of halogens is 1. The van der Waals surface area contributed by atoms with Gasteiger partial charge in [-0.15, -0.1) is 0 Å². The number of likely N-dealkylation sites (N-methyl/N-ethyl adjacent to an activating group) is 1. The van der Waals surface area contributed by atoms with Crippen molar-refractivity contribution in [1.29, 1.82) is 0 Å². The van der Waals surface area contributed by atoms with Gasteiger partial charge in [0.15, 0.2) is 13.1 Å². The van der Waals surface area contributed by atoms with Crippen LogP contribution in [0.25, 0.3) is 0 Å². The molecule has 2 amide bonds. The molecule has 1 atom stereocenters. The Morgan fingerprint density at radius 1 is 1.08 bits per heavy atom. The summed E-state index contributed by atoms with van der Waals surface area (Å²) in [4.78, 5) is 27.5. The highest BCUT2D eigenvalue weighted by atomic mass is 35.5. The molecule has 0 aliphatic rings. The number of hydrogen-bond acceptors (Lipinski definition) is 2. The Morgan fingerprint density at radius 2 is 1.64 bits per heavy atom. The molecule has 0 aliphatic heterocycles. The van der Waals surface area contributed by atoms with Gasteiger partial charge in [0, 0.05) is 13.1 Å². The number of hydrogen-bond donors (Lipinski definition) is 2. The molecule has 0 heterocycles. The minimum absolute atomic E-state index is 0.0884. The van der Waals surface area contributed by atoms with Gasteiger partial charge in [0.1, 0.15) is 0 Å². The number of nitrogens with one attached hydrogen (secondary N) is 2. The molecule has 25 heavy (non-hydrogen) atoms. The smallest absolute Gasteiger partial charge is 0.279 e. The SMILES string of the molecule is CC(C)CN(CC(C)C)C(=O)C[NH+](C)CC(=O)Nc1ccccc1Cl. The average Bonchev–Trinajstić information content (AvgIpc) is 2.47. The van der Waals surface area contributed by atoms with Gasteiger partial charge in [-0.1, -0.05) is 51.4 Å². The second-order valence-electron chi connectivity index (χ2n) is 7.43. The second-order valence-corrected chi connectivity index (χ2v) is 7.83. The molecule has 1 rings (SSSR count). The number of quaternary nitrogens is 1. The maximum absolute atomic E-state index is 12.6. The molecule has 1 unspecified atom stereocenters. The molecule has 1 aromatic rings. The van der Waals surface area contributed by atoms with E-state index in [0.717, 1.165) is 18.0 Å². The minimum atomic E-state index is -0.155. The first kappa shape index (κ1) is 21.5. The zero-order valence-corrected chi connectivity index (χ0v) is 16.7. The Balaban J connectivity index is 2.55. The first-order valence-corrected chi connectivity index (χ1v) is 9.20. The third-order valence-corrected chi connectivity index (χ3v) is 3.92. The molecule has 0 radical (unpaired) electrons. The summed E-state index contributed by atoms with van der Waals surface area (Å²) in [5, 5.41) is 3.30. The van der Waals surface area contributed by atoms with Crippen LogP contribution in [0.2, 0.25) is 5.02 Å². The number of carbonyl (C=O) groups excluding carboxylic acids is 2. The number of amides is 2. The van der Waals surface area contributed by atoms with Crippen molar-refractivity contribution in [3.63, 3.8) is 0 Å². The van der Waals surface area contributed by atoms with Gasteiger partial charge in [0.2, 0.25) is 0 Å². The number of para-hydroxylation sites is 1. The lowest BCUT2D eigenvalue weighted by Crippen LogP contribution is -3.11. The molecule has 0 bridgehead atoms. The number of rotatable bonds is 9. The Morgan fingerprint density at radius 3 is 2.16 bits per heavy atom. The molecule has 0 fully saturated rings. The van der Waals surface area contributed by atoms with Crippen LogP contribution in [0.15, 0.2) is 24.3 Å². The first-order chi connectivity index (χ1) is 11.7. The first-order valence-electron chi connectivity index (χ1n) is 8.82. The number of nitrogens with zero attached hydrogens (tertiary/aromatic N) is 1. The van der Waals surface area contributed by atoms with Crippen LogP contribution in [0.1, 0.15) is 27.7 Å². The van der Waals surface area contributed by atoms with Crippen molar-refractivity contribution in [2.45, 2.75) is 27.7 Å². The fraction of sp³-hybridized carbons (Fsp3) is 0.579. The van der Waals surface area contributed by atoms with Crippen molar-refractivity contribution in [3.05, 3.63) is 29.3 Å². The molecular weight excluding hydrogens is 338 g/mol. The van der Waals surface area contributed by atoms with Crippen molar-refractivity contribution in [1.82, 2.24) is 4.90 Å². The number of anilines is 1. The molecule has 0 spiro atoms. The summed E-state index contributed by atoms with van der Waals surface area (Å²) >= 11 is 6.05. The lowest BCUT2D eigenvalue weighted by Gasteiger charge is -2.27. The highest BCUT2D eigenvalue weighted by molar-refractivity contribution is 6.33. The van der Waals surface area contributed by atoms with E-state index >= 15 is 0 Å². The van der Waals surface area contributed by atoms with Gasteiger partial charge in [-0.25, -0.2) is 0 Å². The van der Waals surface area contributed by atoms with Crippen LogP contribution < -0.4 is 10.2 Å². The Bertz CT molecular complexity index is 566. The molecular formula is C19H31ClN3O2+. The number of benzene rings is 1. The standard InChI is InChI=1S/C19H30ClN3O2/c1-14(2)10-23(11-15(3)4)19(25)13-22(5)12-18(24)21-17-9-7-6-8-16(17)20/h6-9,14-15H,10-13H2,1-5H3,(H,21,24)/p+1. The van der Waals surface area contributed by atoms with Gasteiger partial charge >= 0.3 is 0 Å². The van der Waals surface area contributed by atoms with Gasteiger partial charge in [0.25, 0.3) is 11.8 Å². The molecule has 2 N–H and O–H groups in total. The molecule has 5 nitrogen and oxygen atoms in total. The molecule has 140 valence electrons. The topological polar surface area (TPSA) is 53.9 Å². The molecule has 0 aliphatic carbocycles. The average molecular weight is 369 g/mol. The molecule has 6 heteroatoms. The van der Waals surface area contributed by atoms with Crippen molar-refractivity contribution in [2.24, 2.45) is 11.8 Å². The third kappa shape index (κ3) is 8.36. The quantitative estimate of drug-likeness (QED) is 0.699. The van der Waals surface area contributed by atoms with Crippen molar-refractivity contribution in [3.8, 4) is 0 Å². The van der Waals surface area contributed by atoms with E-state index in [0.29, 0.717) is 29.1 Å². The highest BCUT2D eigenvalue weighted by Crippen LogP contribution is 2.19. The normalized spacial score (nSPS) is 12.3. The molecule has 0 saturated carbocycles. The summed E-state index contributed by atoms with van der Waals surface area (Å²) < 4.78 is 0. The van der Waals surface area contributed by atoms with E-state index in [4.69, 9.17) is 11.6 Å². The van der Waals surface area contributed by atoms with Crippen LogP contribution in [0.5, 0.6) is 0 Å². The van der Waals surface area contributed by atoms with Crippen molar-refractivity contribution < 1.29 is 14.5 Å². The van der Waals surface area contributed by atoms with Gasteiger partial charge in [-0.05, 0) is 24.0 Å². The van der Waals surface area contributed by atoms with E-state index < -0.39 is 0 Å². The fourth-order valence-electron chi connectivity index (χ4n) is 2.62. The van der Waals surface area contributed by atoms with Crippen LogP contribution >= 0.6 is 11.6 Å². The zero-order valence-electron chi connectivity index (χ0n) is 15.9. The molecule has 0 aromatic heterocycles. The van der Waals surface area contributed by atoms with Gasteiger partial charge in [-0.3, -0.25) is 9.59 Å². The predicted octanol–water partition coefficient (Wildman–Crippen LogP) is 1.93. The van der Waals surface area contributed by atoms with Crippen LogP contribution in [0.3, 0.4) is 0 Å². The zero-order chi connectivity index (χ0) is 19.0. The van der Waals surface area contributed by atoms with Crippen molar-refractivity contribution >= 4 is 29.1 Å². The highest BCUT2D eigenvalue weighted by Gasteiger charge is 2.21. The van der Waals surface area contributed by atoms with E-state index in [1.54, 1.807) is 12.1 Å². The maximum atomic E-state index is 12.6. The van der Waals surface area contributed by atoms with E-state index in [-0.39, 0.29) is 18.4 Å². The Hall–Kier alpha value is -1.59. The van der Waals surface area contributed by atoms with Crippen LogP contribution in [-0.2, 0) is 9.59 Å². The van der Waals surface area contributed by atoms with E-state index in [1.807, 2.05) is 24.1 Å². The van der Waals surface area contributed by atoms with E-state index in [2.05, 4.69) is 33.0 Å². The third-order valence-electron chi connectivity index (χ3n) is 3.59. The van der Waals surface area contributed by atoms with E-state index in [1.165, 1.54) is 0 Å². The largest absolute Gasteiger partial charge is 0.337 e. The molecule has 1 aromatic carbocycles. The monoisotopic (exact) mass is 368 g/mol.